The minimum Gasteiger partial charge on any atom is -0.460 e. The van der Waals surface area contributed by atoms with Crippen molar-refractivity contribution in [2.45, 2.75) is 19.3 Å². The molecule has 3 rings (SSSR count). The van der Waals surface area contributed by atoms with Crippen LogP contribution >= 0.6 is 0 Å². The summed E-state index contributed by atoms with van der Waals surface area (Å²) in [5.74, 6) is -1.21. The third kappa shape index (κ3) is 2.16. The van der Waals surface area contributed by atoms with E-state index in [9.17, 15) is 14.7 Å². The number of aliphatic hydroxyl groups excluding tert-OH is 1. The van der Waals surface area contributed by atoms with Gasteiger partial charge in [0.15, 0.2) is 0 Å². The summed E-state index contributed by atoms with van der Waals surface area (Å²) in [7, 11) is 0. The minimum absolute atomic E-state index is 0.0288. The molecule has 2 N–H and O–H groups in total. The molecule has 1 aliphatic heterocycles. The lowest BCUT2D eigenvalue weighted by Gasteiger charge is -1.97. The Morgan fingerprint density at radius 2 is 2.15 bits per heavy atom. The zero-order valence-corrected chi connectivity index (χ0v) is 10.6. The number of carbonyl (C=O) groups is 2. The molecule has 0 aliphatic carbocycles. The lowest BCUT2D eigenvalue weighted by Crippen LogP contribution is -2.25. The average molecular weight is 273 g/mol. The number of aliphatic hydroxyl groups is 1. The molecule has 0 spiro atoms. The molecule has 1 amide bonds. The van der Waals surface area contributed by atoms with E-state index in [-0.39, 0.29) is 25.2 Å². The van der Waals surface area contributed by atoms with Crippen LogP contribution in [0, 0.1) is 0 Å². The molecular weight excluding hydrogens is 260 g/mol. The maximum absolute atomic E-state index is 11.8. The smallest absolute Gasteiger partial charge is 0.439 e. The molecule has 0 saturated carbocycles. The van der Waals surface area contributed by atoms with Gasteiger partial charge in [0.25, 0.3) is 0 Å². The summed E-state index contributed by atoms with van der Waals surface area (Å²) in [5, 5.41) is 10.4. The average Bonchev–Trinajstić information content (AvgIpc) is 2.98. The number of hydroxylamine groups is 1. The highest BCUT2D eigenvalue weighted by Gasteiger charge is 2.37. The molecule has 1 aliphatic rings. The van der Waals surface area contributed by atoms with E-state index in [2.05, 4.69) is 4.98 Å². The third-order valence-corrected chi connectivity index (χ3v) is 3.23. The monoisotopic (exact) mass is 273 g/mol. The van der Waals surface area contributed by atoms with Crippen LogP contribution in [-0.2, 0) is 20.8 Å². The van der Waals surface area contributed by atoms with Gasteiger partial charge in [0.1, 0.15) is 0 Å². The molecule has 1 aromatic carbocycles. The Bertz CT molecular complexity index is 730. The van der Waals surface area contributed by atoms with Crippen LogP contribution in [0.3, 0.4) is 0 Å². The van der Waals surface area contributed by atoms with E-state index in [1.165, 1.54) is 0 Å². The highest BCUT2D eigenvalue weighted by atomic mass is 16.7. The molecule has 6 nitrogen and oxygen atoms in total. The molecule has 102 valence electrons. The van der Waals surface area contributed by atoms with Crippen molar-refractivity contribution in [3.8, 4) is 0 Å². The van der Waals surface area contributed by atoms with Crippen molar-refractivity contribution in [1.82, 2.24) is 4.98 Å². The number of nitrogens with zero attached hydrogens (tertiary/aromatic N) is 1. The largest absolute Gasteiger partial charge is 0.460 e. The quantitative estimate of drug-likeness (QED) is 0.655. The predicted molar refractivity (Wildman–Crippen MR) is 70.2 cm³/mol. The summed E-state index contributed by atoms with van der Waals surface area (Å²) >= 11 is 0. The fourth-order valence-electron chi connectivity index (χ4n) is 2.24. The van der Waals surface area contributed by atoms with Gasteiger partial charge in [0.2, 0.25) is 0 Å². The van der Waals surface area contributed by atoms with Gasteiger partial charge in [0.05, 0.1) is 24.0 Å². The Morgan fingerprint density at radius 3 is 2.90 bits per heavy atom. The molecule has 1 aromatic heterocycles. The zero-order chi connectivity index (χ0) is 14.1. The van der Waals surface area contributed by atoms with Crippen LogP contribution in [0.25, 0.3) is 10.9 Å². The summed E-state index contributed by atoms with van der Waals surface area (Å²) in [6.45, 7) is 0. The Hall–Kier alpha value is -2.63. The molecule has 0 saturated heterocycles. The van der Waals surface area contributed by atoms with Gasteiger partial charge in [-0.25, -0.2) is 9.59 Å². The number of hydrogen-bond donors (Lipinski definition) is 2. The van der Waals surface area contributed by atoms with Gasteiger partial charge in [-0.1, -0.05) is 18.2 Å². The van der Waals surface area contributed by atoms with E-state index in [0.717, 1.165) is 16.5 Å². The van der Waals surface area contributed by atoms with Gasteiger partial charge in [-0.15, -0.1) is 0 Å². The van der Waals surface area contributed by atoms with Gasteiger partial charge in [-0.05, 0) is 11.6 Å². The molecule has 0 fully saturated rings. The van der Waals surface area contributed by atoms with Crippen molar-refractivity contribution in [3.05, 3.63) is 36.0 Å². The van der Waals surface area contributed by atoms with Crippen molar-refractivity contribution in [1.29, 1.82) is 0 Å². The minimum atomic E-state index is -0.587. The van der Waals surface area contributed by atoms with Gasteiger partial charge < -0.3 is 10.1 Å². The van der Waals surface area contributed by atoms with Crippen molar-refractivity contribution in [2.24, 2.45) is 0 Å². The number of hydrogen-bond acceptors (Lipinski definition) is 3. The lowest BCUT2D eigenvalue weighted by molar-refractivity contribution is -0.694. The molecule has 0 unspecified atom stereocenters. The number of H-pyrrole nitrogens is 1. The highest BCUT2D eigenvalue weighted by molar-refractivity contribution is 5.88. The fraction of sp³-hybridized carbons (Fsp3) is 0.214. The second kappa shape index (κ2) is 4.80. The number of aromatic nitrogens is 1. The van der Waals surface area contributed by atoms with Crippen molar-refractivity contribution >= 4 is 28.7 Å². The first-order valence-electron chi connectivity index (χ1n) is 6.28. The van der Waals surface area contributed by atoms with E-state index in [1.54, 1.807) is 6.20 Å². The second-order valence-electron chi connectivity index (χ2n) is 4.60. The first kappa shape index (κ1) is 12.4. The lowest BCUT2D eigenvalue weighted by atomic mass is 10.1. The number of rotatable bonds is 3. The molecule has 2 aromatic rings. The highest BCUT2D eigenvalue weighted by Crippen LogP contribution is 2.18. The number of fused-ring (bicyclic) bond motifs is 1. The standard InChI is InChI=1S/C14H12N2O4/c17-12-5-6-13(18)16(12)20-14(19)7-9-8-15-11-4-2-1-3-10(9)11/h1-4,8,15H,5-7H2/p+1. The van der Waals surface area contributed by atoms with Crippen LogP contribution in [0.1, 0.15) is 18.4 Å². The maximum Gasteiger partial charge on any atom is 0.439 e. The van der Waals surface area contributed by atoms with Crippen molar-refractivity contribution in [2.75, 3.05) is 0 Å². The first-order valence-corrected chi connectivity index (χ1v) is 6.28. The van der Waals surface area contributed by atoms with Gasteiger partial charge >= 0.3 is 17.8 Å². The normalized spacial score (nSPS) is 15.1. The van der Waals surface area contributed by atoms with Crippen molar-refractivity contribution in [3.63, 3.8) is 0 Å². The number of carbonyl (C=O) groups excluding carboxylic acids is 2. The number of benzene rings is 1. The summed E-state index contributed by atoms with van der Waals surface area (Å²) in [6, 6.07) is 7.60. The Morgan fingerprint density at radius 1 is 1.35 bits per heavy atom. The molecule has 20 heavy (non-hydrogen) atoms. The predicted octanol–water partition coefficient (Wildman–Crippen LogP) is 1.46. The van der Waals surface area contributed by atoms with Gasteiger partial charge in [-0.2, -0.15) is 4.84 Å². The van der Waals surface area contributed by atoms with E-state index >= 15 is 0 Å². The number of amides is 1. The molecular formula is C14H13N2O4+. The Labute approximate surface area is 114 Å². The van der Waals surface area contributed by atoms with Gasteiger partial charge in [0, 0.05) is 17.1 Å². The fourth-order valence-corrected chi connectivity index (χ4v) is 2.24. The van der Waals surface area contributed by atoms with Crippen LogP contribution < -0.4 is 0 Å². The SMILES string of the molecule is O=C(Cc1c[nH]c2ccccc12)O[N+]1=C(O)CCC1=O. The second-order valence-corrected chi connectivity index (χ2v) is 4.60. The zero-order valence-electron chi connectivity index (χ0n) is 10.6. The molecule has 0 atom stereocenters. The van der Waals surface area contributed by atoms with Gasteiger partial charge in [-0.3, -0.25) is 0 Å². The van der Waals surface area contributed by atoms with E-state index in [0.29, 0.717) is 4.74 Å². The van der Waals surface area contributed by atoms with E-state index < -0.39 is 11.9 Å². The summed E-state index contributed by atoms with van der Waals surface area (Å²) in [6.07, 6.45) is 2.13. The summed E-state index contributed by atoms with van der Waals surface area (Å²) in [4.78, 5) is 31.2. The molecule has 6 heteroatoms. The molecule has 2 heterocycles. The van der Waals surface area contributed by atoms with E-state index in [4.69, 9.17) is 4.84 Å². The number of para-hydroxylation sites is 1. The topological polar surface area (TPSA) is 82.4 Å². The Kier molecular flexibility index (Phi) is 2.98. The van der Waals surface area contributed by atoms with Crippen LogP contribution in [0.4, 0.5) is 0 Å². The summed E-state index contributed by atoms with van der Waals surface area (Å²) in [5.41, 5.74) is 1.72. The molecule has 0 bridgehead atoms. The van der Waals surface area contributed by atoms with E-state index in [1.807, 2.05) is 24.3 Å². The Balaban J connectivity index is 1.77. The van der Waals surface area contributed by atoms with Crippen LogP contribution in [-0.4, -0.2) is 32.6 Å². The third-order valence-electron chi connectivity index (χ3n) is 3.23. The maximum atomic E-state index is 11.8. The first-order chi connectivity index (χ1) is 9.65. The van der Waals surface area contributed by atoms with Crippen molar-refractivity contribution < 1.29 is 24.3 Å². The van der Waals surface area contributed by atoms with Crippen LogP contribution in [0.15, 0.2) is 30.5 Å². The number of aromatic amines is 1. The van der Waals surface area contributed by atoms with Crippen LogP contribution in [0.5, 0.6) is 0 Å². The van der Waals surface area contributed by atoms with Crippen LogP contribution in [0.2, 0.25) is 0 Å². The summed E-state index contributed by atoms with van der Waals surface area (Å²) < 4.78 is 0.678. The number of nitrogens with one attached hydrogen (secondary N) is 1. The molecule has 0 radical (unpaired) electrons.